The van der Waals surface area contributed by atoms with E-state index in [0.717, 1.165) is 12.8 Å². The maximum absolute atomic E-state index is 9.11. The minimum atomic E-state index is -1.38. The van der Waals surface area contributed by atoms with Crippen LogP contribution in [0.1, 0.15) is 41.7 Å². The zero-order valence-electron chi connectivity index (χ0n) is 8.69. The number of aliphatic hydroxyl groups excluding tert-OH is 1. The molecular weight excluding hydrogens is 190 g/mol. The minimum absolute atomic E-state index is 0.382. The van der Waals surface area contributed by atoms with Gasteiger partial charge in [0, 0.05) is 5.56 Å². The Morgan fingerprint density at radius 3 is 2.87 bits per heavy atom. The van der Waals surface area contributed by atoms with Crippen molar-refractivity contribution in [3.8, 4) is 0 Å². The third kappa shape index (κ3) is 2.04. The number of fused-ring (bicyclic) bond motifs is 1. The van der Waals surface area contributed by atoms with Gasteiger partial charge in [-0.05, 0) is 42.9 Å². The number of aryl methyl sites for hydroxylation is 1. The van der Waals surface area contributed by atoms with Crippen LogP contribution in [0, 0.1) is 0 Å². The molecule has 0 amide bonds. The van der Waals surface area contributed by atoms with E-state index >= 15 is 0 Å². The molecule has 0 heterocycles. The molecule has 1 aliphatic rings. The zero-order valence-corrected chi connectivity index (χ0v) is 8.69. The van der Waals surface area contributed by atoms with E-state index < -0.39 is 6.29 Å². The fourth-order valence-electron chi connectivity index (χ4n) is 2.32. The predicted molar refractivity (Wildman–Crippen MR) is 58.4 cm³/mol. The first kappa shape index (κ1) is 10.6. The molecule has 0 spiro atoms. The van der Waals surface area contributed by atoms with Crippen molar-refractivity contribution in [1.29, 1.82) is 0 Å². The van der Waals surface area contributed by atoms with Gasteiger partial charge in [-0.3, -0.25) is 0 Å². The summed E-state index contributed by atoms with van der Waals surface area (Å²) in [5.74, 6) is 0.382. The van der Waals surface area contributed by atoms with E-state index in [9.17, 15) is 0 Å². The summed E-state index contributed by atoms with van der Waals surface area (Å²) >= 11 is 0. The SMILES string of the molecule is NCC1CCCc2ccc(C(O)O)cc21. The average Bonchev–Trinajstić information content (AvgIpc) is 2.27. The van der Waals surface area contributed by atoms with Gasteiger partial charge in [0.1, 0.15) is 0 Å². The molecule has 15 heavy (non-hydrogen) atoms. The van der Waals surface area contributed by atoms with Gasteiger partial charge in [0.2, 0.25) is 0 Å². The summed E-state index contributed by atoms with van der Waals surface area (Å²) in [4.78, 5) is 0. The fourth-order valence-corrected chi connectivity index (χ4v) is 2.32. The second kappa shape index (κ2) is 4.31. The van der Waals surface area contributed by atoms with E-state index in [1.807, 2.05) is 12.1 Å². The van der Waals surface area contributed by atoms with Crippen LogP contribution in [0.4, 0.5) is 0 Å². The van der Waals surface area contributed by atoms with Crippen LogP contribution in [0.2, 0.25) is 0 Å². The van der Waals surface area contributed by atoms with Crippen molar-refractivity contribution >= 4 is 0 Å². The van der Waals surface area contributed by atoms with Crippen LogP contribution in [0.15, 0.2) is 18.2 Å². The van der Waals surface area contributed by atoms with Crippen molar-refractivity contribution in [3.05, 3.63) is 34.9 Å². The van der Waals surface area contributed by atoms with Crippen molar-refractivity contribution in [3.63, 3.8) is 0 Å². The molecule has 1 atom stereocenters. The third-order valence-corrected chi connectivity index (χ3v) is 3.19. The second-order valence-electron chi connectivity index (χ2n) is 4.16. The van der Waals surface area contributed by atoms with Crippen LogP contribution in [0.5, 0.6) is 0 Å². The zero-order chi connectivity index (χ0) is 10.8. The lowest BCUT2D eigenvalue weighted by Crippen LogP contribution is -2.18. The van der Waals surface area contributed by atoms with Crippen LogP contribution in [-0.2, 0) is 6.42 Å². The van der Waals surface area contributed by atoms with Crippen molar-refractivity contribution in [1.82, 2.24) is 0 Å². The molecule has 1 aliphatic carbocycles. The summed E-state index contributed by atoms with van der Waals surface area (Å²) in [5.41, 5.74) is 8.79. The fraction of sp³-hybridized carbons (Fsp3) is 0.500. The molecule has 3 nitrogen and oxygen atoms in total. The highest BCUT2D eigenvalue weighted by molar-refractivity contribution is 5.37. The number of hydrogen-bond donors (Lipinski definition) is 3. The topological polar surface area (TPSA) is 66.5 Å². The summed E-state index contributed by atoms with van der Waals surface area (Å²) in [6.45, 7) is 0.637. The molecule has 0 fully saturated rings. The number of hydrogen-bond acceptors (Lipinski definition) is 3. The largest absolute Gasteiger partial charge is 0.364 e. The van der Waals surface area contributed by atoms with Gasteiger partial charge in [0.25, 0.3) is 0 Å². The maximum atomic E-state index is 9.11. The molecule has 1 aromatic rings. The number of nitrogens with two attached hydrogens (primary N) is 1. The number of benzene rings is 1. The van der Waals surface area contributed by atoms with E-state index in [-0.39, 0.29) is 0 Å². The maximum Gasteiger partial charge on any atom is 0.178 e. The number of rotatable bonds is 2. The highest BCUT2D eigenvalue weighted by Crippen LogP contribution is 2.32. The van der Waals surface area contributed by atoms with Crippen LogP contribution >= 0.6 is 0 Å². The monoisotopic (exact) mass is 207 g/mol. The van der Waals surface area contributed by atoms with Crippen LogP contribution in [0.3, 0.4) is 0 Å². The predicted octanol–water partition coefficient (Wildman–Crippen LogP) is 1.05. The molecule has 0 radical (unpaired) electrons. The Labute approximate surface area is 89.5 Å². The van der Waals surface area contributed by atoms with Crippen LogP contribution in [0.25, 0.3) is 0 Å². The van der Waals surface area contributed by atoms with Gasteiger partial charge in [0.15, 0.2) is 6.29 Å². The summed E-state index contributed by atoms with van der Waals surface area (Å²) in [5, 5.41) is 18.2. The quantitative estimate of drug-likeness (QED) is 0.635. The Kier molecular flexibility index (Phi) is 3.05. The van der Waals surface area contributed by atoms with Gasteiger partial charge in [0.05, 0.1) is 0 Å². The van der Waals surface area contributed by atoms with E-state index in [1.54, 1.807) is 6.07 Å². The molecule has 0 bridgehead atoms. The number of aliphatic hydroxyl groups is 2. The second-order valence-corrected chi connectivity index (χ2v) is 4.16. The molecule has 0 aliphatic heterocycles. The smallest absolute Gasteiger partial charge is 0.178 e. The Morgan fingerprint density at radius 2 is 2.20 bits per heavy atom. The van der Waals surface area contributed by atoms with E-state index in [4.69, 9.17) is 15.9 Å². The molecule has 1 aromatic carbocycles. The van der Waals surface area contributed by atoms with Gasteiger partial charge in [-0.15, -0.1) is 0 Å². The first-order valence-corrected chi connectivity index (χ1v) is 5.41. The molecule has 82 valence electrons. The highest BCUT2D eigenvalue weighted by Gasteiger charge is 2.19. The van der Waals surface area contributed by atoms with Crippen molar-refractivity contribution < 1.29 is 10.2 Å². The minimum Gasteiger partial charge on any atom is -0.364 e. The van der Waals surface area contributed by atoms with Gasteiger partial charge in [-0.2, -0.15) is 0 Å². The summed E-state index contributed by atoms with van der Waals surface area (Å²) in [7, 11) is 0. The van der Waals surface area contributed by atoms with Gasteiger partial charge < -0.3 is 15.9 Å². The van der Waals surface area contributed by atoms with Crippen molar-refractivity contribution in [2.45, 2.75) is 31.5 Å². The normalized spacial score (nSPS) is 20.4. The molecule has 0 saturated heterocycles. The van der Waals surface area contributed by atoms with Gasteiger partial charge in [-0.1, -0.05) is 18.2 Å². The van der Waals surface area contributed by atoms with Crippen LogP contribution < -0.4 is 5.73 Å². The molecule has 0 saturated carbocycles. The lowest BCUT2D eigenvalue weighted by atomic mass is 9.82. The Bertz CT molecular complexity index is 349. The van der Waals surface area contributed by atoms with Gasteiger partial charge >= 0.3 is 0 Å². The third-order valence-electron chi connectivity index (χ3n) is 3.19. The molecular formula is C12H17NO2. The van der Waals surface area contributed by atoms with E-state index in [1.165, 1.54) is 17.5 Å². The first-order valence-electron chi connectivity index (χ1n) is 5.41. The Hall–Kier alpha value is -0.900. The molecule has 1 unspecified atom stereocenters. The van der Waals surface area contributed by atoms with Crippen molar-refractivity contribution in [2.24, 2.45) is 5.73 Å². The molecule has 4 N–H and O–H groups in total. The summed E-state index contributed by atoms with van der Waals surface area (Å²) in [6.07, 6.45) is 1.98. The Morgan fingerprint density at radius 1 is 1.40 bits per heavy atom. The lowest BCUT2D eigenvalue weighted by Gasteiger charge is -2.25. The highest BCUT2D eigenvalue weighted by atomic mass is 16.5. The summed E-state index contributed by atoms with van der Waals surface area (Å²) in [6, 6.07) is 5.66. The van der Waals surface area contributed by atoms with E-state index in [0.29, 0.717) is 18.0 Å². The van der Waals surface area contributed by atoms with Crippen LogP contribution in [-0.4, -0.2) is 16.8 Å². The first-order chi connectivity index (χ1) is 7.22. The van der Waals surface area contributed by atoms with E-state index in [2.05, 4.69) is 0 Å². The average molecular weight is 207 g/mol. The molecule has 0 aromatic heterocycles. The lowest BCUT2D eigenvalue weighted by molar-refractivity contribution is -0.0425. The Balaban J connectivity index is 2.39. The van der Waals surface area contributed by atoms with Crippen molar-refractivity contribution in [2.75, 3.05) is 6.54 Å². The molecule has 3 heteroatoms. The summed E-state index contributed by atoms with van der Waals surface area (Å²) < 4.78 is 0. The van der Waals surface area contributed by atoms with Gasteiger partial charge in [-0.25, -0.2) is 0 Å². The standard InChI is InChI=1S/C12H17NO2/c13-7-10-3-1-2-8-4-5-9(12(14)15)6-11(8)10/h4-6,10,12,14-15H,1-3,7,13H2. The molecule has 2 rings (SSSR count).